The molecular weight excluding hydrogens is 297 g/mol. The zero-order valence-electron chi connectivity index (χ0n) is 10.8. The van der Waals surface area contributed by atoms with Crippen molar-refractivity contribution in [3.05, 3.63) is 58.1 Å². The van der Waals surface area contributed by atoms with Crippen molar-refractivity contribution >= 4 is 35.0 Å². The molecule has 0 aliphatic carbocycles. The van der Waals surface area contributed by atoms with Gasteiger partial charge in [0, 0.05) is 20.9 Å². The predicted molar refractivity (Wildman–Crippen MR) is 84.5 cm³/mol. The molecule has 0 heterocycles. The molecule has 0 aromatic heterocycles. The molecule has 0 amide bonds. The van der Waals surface area contributed by atoms with Crippen molar-refractivity contribution in [2.45, 2.75) is 22.8 Å². The van der Waals surface area contributed by atoms with Crippen LogP contribution in [0.4, 0.5) is 0 Å². The Morgan fingerprint density at radius 3 is 2.53 bits per heavy atom. The van der Waals surface area contributed by atoms with Crippen LogP contribution in [0.2, 0.25) is 10.0 Å². The molecule has 0 fully saturated rings. The molecule has 0 spiro atoms. The highest BCUT2D eigenvalue weighted by Crippen LogP contribution is 2.35. The fourth-order valence-electron chi connectivity index (χ4n) is 1.69. The third kappa shape index (κ3) is 3.90. The summed E-state index contributed by atoms with van der Waals surface area (Å²) >= 11 is 13.9. The molecule has 0 aliphatic rings. The van der Waals surface area contributed by atoms with Gasteiger partial charge in [-0.25, -0.2) is 0 Å². The van der Waals surface area contributed by atoms with Crippen LogP contribution in [0, 0.1) is 0 Å². The zero-order chi connectivity index (χ0) is 13.8. The average Bonchev–Trinajstić information content (AvgIpc) is 2.40. The van der Waals surface area contributed by atoms with Gasteiger partial charge in [-0.05, 0) is 49.9 Å². The quantitative estimate of drug-likeness (QED) is 0.808. The molecule has 1 unspecified atom stereocenters. The summed E-state index contributed by atoms with van der Waals surface area (Å²) in [6.07, 6.45) is 0. The Morgan fingerprint density at radius 2 is 1.89 bits per heavy atom. The molecule has 0 aliphatic heterocycles. The Kier molecular flexibility index (Phi) is 5.17. The van der Waals surface area contributed by atoms with E-state index in [0.29, 0.717) is 6.04 Å². The van der Waals surface area contributed by atoms with E-state index in [2.05, 4.69) is 24.4 Å². The van der Waals surface area contributed by atoms with Crippen LogP contribution in [0.15, 0.2) is 52.3 Å². The average molecular weight is 312 g/mol. The van der Waals surface area contributed by atoms with Gasteiger partial charge in [-0.15, -0.1) is 0 Å². The van der Waals surface area contributed by atoms with E-state index in [1.165, 1.54) is 5.56 Å². The Hall–Kier alpha value is -0.670. The summed E-state index contributed by atoms with van der Waals surface area (Å²) in [5, 5.41) is 4.71. The van der Waals surface area contributed by atoms with Crippen LogP contribution in [0.25, 0.3) is 0 Å². The van der Waals surface area contributed by atoms with Crippen molar-refractivity contribution in [2.75, 3.05) is 7.05 Å². The van der Waals surface area contributed by atoms with E-state index in [-0.39, 0.29) is 0 Å². The molecule has 1 atom stereocenters. The Bertz CT molecular complexity index is 572. The summed E-state index contributed by atoms with van der Waals surface area (Å²) in [6, 6.07) is 14.2. The number of hydrogen-bond donors (Lipinski definition) is 1. The van der Waals surface area contributed by atoms with Crippen LogP contribution in [0.5, 0.6) is 0 Å². The van der Waals surface area contributed by atoms with Crippen molar-refractivity contribution in [3.63, 3.8) is 0 Å². The maximum atomic E-state index is 6.34. The van der Waals surface area contributed by atoms with Gasteiger partial charge >= 0.3 is 0 Å². The molecule has 19 heavy (non-hydrogen) atoms. The van der Waals surface area contributed by atoms with Gasteiger partial charge in [0.2, 0.25) is 0 Å². The van der Waals surface area contributed by atoms with Crippen LogP contribution in [-0.2, 0) is 0 Å². The lowest BCUT2D eigenvalue weighted by molar-refractivity contribution is 0.652. The van der Waals surface area contributed by atoms with Crippen LogP contribution in [0.1, 0.15) is 18.5 Å². The highest BCUT2D eigenvalue weighted by Gasteiger charge is 2.08. The van der Waals surface area contributed by atoms with Crippen LogP contribution in [-0.4, -0.2) is 7.05 Å². The number of halogens is 2. The molecule has 2 rings (SSSR count). The summed E-state index contributed by atoms with van der Waals surface area (Å²) in [6.45, 7) is 2.11. The van der Waals surface area contributed by atoms with Gasteiger partial charge in [-0.2, -0.15) is 0 Å². The SMILES string of the molecule is CNC(C)c1ccc(Sc2cccc(Cl)c2)c(Cl)c1. The number of nitrogens with one attached hydrogen (secondary N) is 1. The third-order valence-corrected chi connectivity index (χ3v) is 4.64. The van der Waals surface area contributed by atoms with Gasteiger partial charge in [0.25, 0.3) is 0 Å². The lowest BCUT2D eigenvalue weighted by Gasteiger charge is -2.12. The highest BCUT2D eigenvalue weighted by atomic mass is 35.5. The molecule has 1 nitrogen and oxygen atoms in total. The third-order valence-electron chi connectivity index (χ3n) is 2.91. The summed E-state index contributed by atoms with van der Waals surface area (Å²) in [4.78, 5) is 2.12. The minimum atomic E-state index is 0.294. The summed E-state index contributed by atoms with van der Waals surface area (Å²) in [5.74, 6) is 0. The van der Waals surface area contributed by atoms with Gasteiger partial charge in [-0.3, -0.25) is 0 Å². The van der Waals surface area contributed by atoms with Crippen molar-refractivity contribution < 1.29 is 0 Å². The fraction of sp³-hybridized carbons (Fsp3) is 0.200. The maximum Gasteiger partial charge on any atom is 0.0548 e. The maximum absolute atomic E-state index is 6.34. The molecule has 1 N–H and O–H groups in total. The van der Waals surface area contributed by atoms with Gasteiger partial charge in [0.05, 0.1) is 5.02 Å². The predicted octanol–water partition coefficient (Wildman–Crippen LogP) is 5.43. The minimum Gasteiger partial charge on any atom is -0.313 e. The van der Waals surface area contributed by atoms with Crippen LogP contribution >= 0.6 is 35.0 Å². The number of rotatable bonds is 4. The first-order valence-corrected chi connectivity index (χ1v) is 7.57. The second-order valence-corrected chi connectivity index (χ2v) is 6.22. The molecule has 0 saturated heterocycles. The first-order chi connectivity index (χ1) is 9.10. The van der Waals surface area contributed by atoms with E-state index in [1.54, 1.807) is 11.8 Å². The van der Waals surface area contributed by atoms with E-state index in [1.807, 2.05) is 37.4 Å². The second kappa shape index (κ2) is 6.67. The van der Waals surface area contributed by atoms with E-state index < -0.39 is 0 Å². The normalized spacial score (nSPS) is 12.4. The van der Waals surface area contributed by atoms with Crippen LogP contribution < -0.4 is 5.32 Å². The van der Waals surface area contributed by atoms with E-state index in [4.69, 9.17) is 23.2 Å². The van der Waals surface area contributed by atoms with Crippen molar-refractivity contribution in [3.8, 4) is 0 Å². The minimum absolute atomic E-state index is 0.294. The smallest absolute Gasteiger partial charge is 0.0548 e. The van der Waals surface area contributed by atoms with Gasteiger partial charge < -0.3 is 5.32 Å². The summed E-state index contributed by atoms with van der Waals surface area (Å²) in [5.41, 5.74) is 1.18. The zero-order valence-corrected chi connectivity index (χ0v) is 13.1. The topological polar surface area (TPSA) is 12.0 Å². The molecular formula is C15H15Cl2NS. The summed E-state index contributed by atoms with van der Waals surface area (Å²) < 4.78 is 0. The molecule has 0 bridgehead atoms. The molecule has 100 valence electrons. The molecule has 2 aromatic rings. The first kappa shape index (κ1) is 14.7. The van der Waals surface area contributed by atoms with E-state index in [9.17, 15) is 0 Å². The Labute approximate surface area is 128 Å². The highest BCUT2D eigenvalue weighted by molar-refractivity contribution is 7.99. The Morgan fingerprint density at radius 1 is 1.11 bits per heavy atom. The van der Waals surface area contributed by atoms with E-state index >= 15 is 0 Å². The second-order valence-electron chi connectivity index (χ2n) is 4.26. The largest absolute Gasteiger partial charge is 0.313 e. The number of hydrogen-bond acceptors (Lipinski definition) is 2. The lowest BCUT2D eigenvalue weighted by Crippen LogP contribution is -2.12. The Balaban J connectivity index is 2.22. The summed E-state index contributed by atoms with van der Waals surface area (Å²) in [7, 11) is 1.94. The van der Waals surface area contributed by atoms with E-state index in [0.717, 1.165) is 19.8 Å². The lowest BCUT2D eigenvalue weighted by atomic mass is 10.1. The molecule has 0 radical (unpaired) electrons. The van der Waals surface area contributed by atoms with Gasteiger partial charge in [0.1, 0.15) is 0 Å². The number of benzene rings is 2. The molecule has 4 heteroatoms. The van der Waals surface area contributed by atoms with Gasteiger partial charge in [-0.1, -0.05) is 47.1 Å². The first-order valence-electron chi connectivity index (χ1n) is 6.00. The standard InChI is InChI=1S/C15H15Cl2NS/c1-10(18-2)11-6-7-15(14(17)8-11)19-13-5-3-4-12(16)9-13/h3-10,18H,1-2H3. The molecule has 0 saturated carbocycles. The van der Waals surface area contributed by atoms with Gasteiger partial charge in [0.15, 0.2) is 0 Å². The van der Waals surface area contributed by atoms with Crippen molar-refractivity contribution in [1.82, 2.24) is 5.32 Å². The monoisotopic (exact) mass is 311 g/mol. The van der Waals surface area contributed by atoms with Crippen LogP contribution in [0.3, 0.4) is 0 Å². The fourth-order valence-corrected chi connectivity index (χ4v) is 3.13. The molecule has 2 aromatic carbocycles. The van der Waals surface area contributed by atoms with Crippen molar-refractivity contribution in [1.29, 1.82) is 0 Å². The van der Waals surface area contributed by atoms with Crippen molar-refractivity contribution in [2.24, 2.45) is 0 Å².